The molecule has 0 aliphatic heterocycles. The van der Waals surface area contributed by atoms with Crippen molar-refractivity contribution in [2.24, 2.45) is 0 Å². The molecule has 0 fully saturated rings. The molecule has 5 nitrogen and oxygen atoms in total. The van der Waals surface area contributed by atoms with E-state index in [1.807, 2.05) is 0 Å². The first-order valence-corrected chi connectivity index (χ1v) is 6.36. The zero-order chi connectivity index (χ0) is 13.8. The maximum atomic E-state index is 12.1. The minimum absolute atomic E-state index is 0.0449. The first-order valence-electron chi connectivity index (χ1n) is 5.57. The largest absolute Gasteiger partial charge is 0.493 e. The van der Waals surface area contributed by atoms with E-state index in [2.05, 4.69) is 21.0 Å². The second kappa shape index (κ2) is 5.88. The highest BCUT2D eigenvalue weighted by molar-refractivity contribution is 9.10. The van der Waals surface area contributed by atoms with E-state index in [-0.39, 0.29) is 12.3 Å². The Bertz CT molecular complexity index is 595. The number of carbonyl (C=O) groups excluding carboxylic acids is 1. The molecule has 1 aromatic heterocycles. The van der Waals surface area contributed by atoms with Crippen LogP contribution in [-0.2, 0) is 6.54 Å². The molecule has 6 heteroatoms. The van der Waals surface area contributed by atoms with Crippen LogP contribution in [-0.4, -0.2) is 29.8 Å². The second-order valence-electron chi connectivity index (χ2n) is 3.85. The van der Waals surface area contributed by atoms with Crippen molar-refractivity contribution in [2.75, 3.05) is 14.2 Å². The molecule has 0 bridgehead atoms. The lowest BCUT2D eigenvalue weighted by Gasteiger charge is -2.09. The van der Waals surface area contributed by atoms with Crippen molar-refractivity contribution in [2.45, 2.75) is 6.54 Å². The Morgan fingerprint density at radius 2 is 2.05 bits per heavy atom. The molecule has 1 aromatic carbocycles. The fourth-order valence-corrected chi connectivity index (χ4v) is 2.00. The molecule has 0 amide bonds. The molecule has 0 aliphatic carbocycles. The number of halogens is 1. The van der Waals surface area contributed by atoms with E-state index >= 15 is 0 Å². The Morgan fingerprint density at radius 1 is 1.32 bits per heavy atom. The summed E-state index contributed by atoms with van der Waals surface area (Å²) in [4.78, 5) is 12.1. The zero-order valence-electron chi connectivity index (χ0n) is 10.6. The van der Waals surface area contributed by atoms with Gasteiger partial charge in [-0.3, -0.25) is 9.48 Å². The summed E-state index contributed by atoms with van der Waals surface area (Å²) >= 11 is 3.29. The molecular formula is C13H13BrN2O3. The standard InChI is InChI=1S/C13H13BrN2O3/c1-18-12-4-3-9(5-13(12)19-2)11(17)8-16-7-10(14)6-15-16/h3-7H,8H2,1-2H3. The lowest BCUT2D eigenvalue weighted by atomic mass is 10.1. The van der Waals surface area contributed by atoms with Crippen molar-refractivity contribution in [3.05, 3.63) is 40.6 Å². The maximum Gasteiger partial charge on any atom is 0.184 e. The Balaban J connectivity index is 2.19. The van der Waals surface area contributed by atoms with Crippen LogP contribution in [0.15, 0.2) is 35.1 Å². The molecule has 0 atom stereocenters. The number of ether oxygens (including phenoxy) is 2. The van der Waals surface area contributed by atoms with Gasteiger partial charge < -0.3 is 9.47 Å². The van der Waals surface area contributed by atoms with Gasteiger partial charge in [-0.05, 0) is 34.1 Å². The van der Waals surface area contributed by atoms with Crippen LogP contribution < -0.4 is 9.47 Å². The summed E-state index contributed by atoms with van der Waals surface area (Å²) in [5.74, 6) is 1.09. The molecule has 0 N–H and O–H groups in total. The summed E-state index contributed by atoms with van der Waals surface area (Å²) in [6, 6.07) is 5.09. The third-order valence-electron chi connectivity index (χ3n) is 2.61. The predicted octanol–water partition coefficient (Wildman–Crippen LogP) is 2.55. The van der Waals surface area contributed by atoms with E-state index < -0.39 is 0 Å². The summed E-state index contributed by atoms with van der Waals surface area (Å²) in [7, 11) is 3.09. The summed E-state index contributed by atoms with van der Waals surface area (Å²) in [6.07, 6.45) is 3.39. The van der Waals surface area contributed by atoms with Gasteiger partial charge in [0.2, 0.25) is 0 Å². The number of carbonyl (C=O) groups is 1. The molecule has 0 aliphatic rings. The van der Waals surface area contributed by atoms with E-state index in [4.69, 9.17) is 9.47 Å². The van der Waals surface area contributed by atoms with Gasteiger partial charge in [0.15, 0.2) is 17.3 Å². The Kier molecular flexibility index (Phi) is 4.21. The summed E-state index contributed by atoms with van der Waals surface area (Å²) < 4.78 is 12.7. The third kappa shape index (κ3) is 3.14. The first-order chi connectivity index (χ1) is 9.13. The van der Waals surface area contributed by atoms with Crippen molar-refractivity contribution >= 4 is 21.7 Å². The van der Waals surface area contributed by atoms with Gasteiger partial charge in [-0.1, -0.05) is 0 Å². The van der Waals surface area contributed by atoms with Gasteiger partial charge in [-0.25, -0.2) is 0 Å². The van der Waals surface area contributed by atoms with Crippen LogP contribution in [0.5, 0.6) is 11.5 Å². The van der Waals surface area contributed by atoms with Crippen LogP contribution in [0.1, 0.15) is 10.4 Å². The van der Waals surface area contributed by atoms with Crippen molar-refractivity contribution in [3.8, 4) is 11.5 Å². The highest BCUT2D eigenvalue weighted by Crippen LogP contribution is 2.27. The van der Waals surface area contributed by atoms with Gasteiger partial charge >= 0.3 is 0 Å². The van der Waals surface area contributed by atoms with E-state index in [0.717, 1.165) is 4.47 Å². The van der Waals surface area contributed by atoms with Gasteiger partial charge in [-0.2, -0.15) is 5.10 Å². The lowest BCUT2D eigenvalue weighted by molar-refractivity contribution is 0.0967. The Labute approximate surface area is 119 Å². The molecule has 0 unspecified atom stereocenters. The fourth-order valence-electron chi connectivity index (χ4n) is 1.67. The number of hydrogen-bond acceptors (Lipinski definition) is 4. The number of aromatic nitrogens is 2. The van der Waals surface area contributed by atoms with Crippen molar-refractivity contribution in [3.63, 3.8) is 0 Å². The van der Waals surface area contributed by atoms with Crippen LogP contribution >= 0.6 is 15.9 Å². The SMILES string of the molecule is COc1ccc(C(=O)Cn2cc(Br)cn2)cc1OC. The monoisotopic (exact) mass is 324 g/mol. The number of rotatable bonds is 5. The molecule has 0 saturated heterocycles. The van der Waals surface area contributed by atoms with Gasteiger partial charge in [0.05, 0.1) is 24.9 Å². The van der Waals surface area contributed by atoms with Crippen molar-refractivity contribution in [1.29, 1.82) is 0 Å². The minimum Gasteiger partial charge on any atom is -0.493 e. The van der Waals surface area contributed by atoms with E-state index in [1.165, 1.54) is 7.11 Å². The van der Waals surface area contributed by atoms with E-state index in [0.29, 0.717) is 17.1 Å². The van der Waals surface area contributed by atoms with Crippen LogP contribution in [0, 0.1) is 0 Å². The lowest BCUT2D eigenvalue weighted by Crippen LogP contribution is -2.11. The van der Waals surface area contributed by atoms with Gasteiger partial charge in [0, 0.05) is 11.8 Å². The fraction of sp³-hybridized carbons (Fsp3) is 0.231. The third-order valence-corrected chi connectivity index (χ3v) is 3.02. The predicted molar refractivity (Wildman–Crippen MR) is 73.8 cm³/mol. The molecule has 0 saturated carbocycles. The van der Waals surface area contributed by atoms with Crippen molar-refractivity contribution < 1.29 is 14.3 Å². The quantitative estimate of drug-likeness (QED) is 0.793. The van der Waals surface area contributed by atoms with Crippen LogP contribution in [0.4, 0.5) is 0 Å². The van der Waals surface area contributed by atoms with E-state index in [9.17, 15) is 4.79 Å². The Morgan fingerprint density at radius 3 is 2.63 bits per heavy atom. The zero-order valence-corrected chi connectivity index (χ0v) is 12.2. The highest BCUT2D eigenvalue weighted by atomic mass is 79.9. The van der Waals surface area contributed by atoms with Gasteiger partial charge in [0.25, 0.3) is 0 Å². The van der Waals surface area contributed by atoms with Gasteiger partial charge in [-0.15, -0.1) is 0 Å². The average Bonchev–Trinajstić information content (AvgIpc) is 2.83. The molecule has 19 heavy (non-hydrogen) atoms. The smallest absolute Gasteiger partial charge is 0.184 e. The number of hydrogen-bond donors (Lipinski definition) is 0. The second-order valence-corrected chi connectivity index (χ2v) is 4.76. The topological polar surface area (TPSA) is 53.4 Å². The number of ketones is 1. The summed E-state index contributed by atoms with van der Waals surface area (Å²) in [5.41, 5.74) is 0.560. The number of methoxy groups -OCH3 is 2. The molecule has 0 spiro atoms. The molecule has 2 aromatic rings. The highest BCUT2D eigenvalue weighted by Gasteiger charge is 2.11. The summed E-state index contributed by atoms with van der Waals surface area (Å²) in [6.45, 7) is 0.182. The number of nitrogens with zero attached hydrogens (tertiary/aromatic N) is 2. The summed E-state index contributed by atoms with van der Waals surface area (Å²) in [5, 5.41) is 4.05. The molecule has 1 heterocycles. The molecular weight excluding hydrogens is 312 g/mol. The molecule has 100 valence electrons. The van der Waals surface area contributed by atoms with E-state index in [1.54, 1.807) is 42.4 Å². The normalized spacial score (nSPS) is 10.3. The first kappa shape index (κ1) is 13.6. The number of Topliss-reactive ketones (excluding diaryl/α,β-unsaturated/α-hetero) is 1. The maximum absolute atomic E-state index is 12.1. The minimum atomic E-state index is -0.0449. The van der Waals surface area contributed by atoms with Crippen LogP contribution in [0.3, 0.4) is 0 Å². The average molecular weight is 325 g/mol. The Hall–Kier alpha value is -1.82. The molecule has 0 radical (unpaired) electrons. The van der Waals surface area contributed by atoms with Gasteiger partial charge in [0.1, 0.15) is 6.54 Å². The van der Waals surface area contributed by atoms with Crippen LogP contribution in [0.25, 0.3) is 0 Å². The van der Waals surface area contributed by atoms with Crippen LogP contribution in [0.2, 0.25) is 0 Å². The molecule has 2 rings (SSSR count). The van der Waals surface area contributed by atoms with Crippen molar-refractivity contribution in [1.82, 2.24) is 9.78 Å². The number of benzene rings is 1.